The van der Waals surface area contributed by atoms with Crippen molar-refractivity contribution in [2.75, 3.05) is 11.6 Å². The van der Waals surface area contributed by atoms with Gasteiger partial charge < -0.3 is 11.2 Å². The largest absolute Gasteiger partial charge is 0.353 e. The van der Waals surface area contributed by atoms with Crippen molar-refractivity contribution < 1.29 is 4.79 Å². The Morgan fingerprint density at radius 1 is 1.67 bits per heavy atom. The molecule has 6 nitrogen and oxygen atoms in total. The number of rotatable bonds is 4. The predicted molar refractivity (Wildman–Crippen MR) is 56.8 cm³/mol. The van der Waals surface area contributed by atoms with E-state index in [0.717, 1.165) is 12.8 Å². The molecule has 0 spiro atoms. The van der Waals surface area contributed by atoms with Crippen molar-refractivity contribution in [2.24, 2.45) is 0 Å². The molecule has 1 heterocycles. The standard InChI is InChI=1S/C8H13N5OS/c1-5-11-12-8(13(5)9)15-4-7(14)10-6-2-3-6/h6H,2-4,9H2,1H3,(H,10,14). The Morgan fingerprint density at radius 3 is 2.93 bits per heavy atom. The van der Waals surface area contributed by atoms with Crippen molar-refractivity contribution in [3.8, 4) is 0 Å². The van der Waals surface area contributed by atoms with Gasteiger partial charge in [-0.3, -0.25) is 4.79 Å². The SMILES string of the molecule is Cc1nnc(SCC(=O)NC2CC2)n1N. The Labute approximate surface area is 91.6 Å². The normalized spacial score (nSPS) is 15.3. The van der Waals surface area contributed by atoms with Crippen molar-refractivity contribution in [3.05, 3.63) is 5.82 Å². The second-order valence-electron chi connectivity index (χ2n) is 3.53. The van der Waals surface area contributed by atoms with Crippen LogP contribution in [-0.4, -0.2) is 32.6 Å². The number of hydrogen-bond acceptors (Lipinski definition) is 5. The summed E-state index contributed by atoms with van der Waals surface area (Å²) in [5.41, 5.74) is 0. The fraction of sp³-hybridized carbons (Fsp3) is 0.625. The summed E-state index contributed by atoms with van der Waals surface area (Å²) in [7, 11) is 0. The third-order valence-electron chi connectivity index (χ3n) is 2.11. The molecule has 1 fully saturated rings. The van der Waals surface area contributed by atoms with E-state index >= 15 is 0 Å². The van der Waals surface area contributed by atoms with Gasteiger partial charge in [-0.15, -0.1) is 10.2 Å². The number of carbonyl (C=O) groups excluding carboxylic acids is 1. The molecular weight excluding hydrogens is 214 g/mol. The molecule has 3 N–H and O–H groups in total. The summed E-state index contributed by atoms with van der Waals surface area (Å²) in [6.07, 6.45) is 2.20. The van der Waals surface area contributed by atoms with Crippen molar-refractivity contribution in [1.29, 1.82) is 0 Å². The third kappa shape index (κ3) is 2.62. The zero-order valence-electron chi connectivity index (χ0n) is 8.43. The maximum Gasteiger partial charge on any atom is 0.230 e. The van der Waals surface area contributed by atoms with Gasteiger partial charge in [0.05, 0.1) is 5.75 Å². The highest BCUT2D eigenvalue weighted by Crippen LogP contribution is 2.19. The maximum absolute atomic E-state index is 11.4. The molecule has 1 amide bonds. The average Bonchev–Trinajstić information content (AvgIpc) is 2.95. The number of carbonyl (C=O) groups is 1. The molecule has 1 aliphatic rings. The number of nitrogens with two attached hydrogens (primary N) is 1. The minimum atomic E-state index is 0.0307. The molecule has 7 heteroatoms. The van der Waals surface area contributed by atoms with Gasteiger partial charge in [0, 0.05) is 6.04 Å². The van der Waals surface area contributed by atoms with Crippen LogP contribution < -0.4 is 11.2 Å². The number of aromatic nitrogens is 3. The molecule has 15 heavy (non-hydrogen) atoms. The molecule has 82 valence electrons. The summed E-state index contributed by atoms with van der Waals surface area (Å²) in [5.74, 6) is 6.65. The number of thioether (sulfide) groups is 1. The second kappa shape index (κ2) is 4.09. The summed E-state index contributed by atoms with van der Waals surface area (Å²) in [4.78, 5) is 11.4. The fourth-order valence-corrected chi connectivity index (χ4v) is 1.79. The summed E-state index contributed by atoms with van der Waals surface area (Å²) in [6.45, 7) is 1.77. The Bertz CT molecular complexity index is 373. The first-order chi connectivity index (χ1) is 7.16. The molecule has 0 aliphatic heterocycles. The first-order valence-corrected chi connectivity index (χ1v) is 5.74. The van der Waals surface area contributed by atoms with Gasteiger partial charge in [-0.05, 0) is 19.8 Å². The fourth-order valence-electron chi connectivity index (χ4n) is 1.08. The molecule has 1 saturated carbocycles. The molecule has 0 aromatic carbocycles. The maximum atomic E-state index is 11.4. The number of aryl methyl sites for hydroxylation is 1. The third-order valence-corrected chi connectivity index (χ3v) is 3.05. The zero-order valence-corrected chi connectivity index (χ0v) is 9.25. The Morgan fingerprint density at radius 2 is 2.40 bits per heavy atom. The smallest absolute Gasteiger partial charge is 0.230 e. The van der Waals surface area contributed by atoms with Gasteiger partial charge in [0.15, 0.2) is 0 Å². The average molecular weight is 227 g/mol. The van der Waals surface area contributed by atoms with Gasteiger partial charge in [-0.1, -0.05) is 11.8 Å². The van der Waals surface area contributed by atoms with E-state index in [1.165, 1.54) is 16.4 Å². The Balaban J connectivity index is 1.81. The topological polar surface area (TPSA) is 85.8 Å². The van der Waals surface area contributed by atoms with Gasteiger partial charge in [0.2, 0.25) is 11.1 Å². The van der Waals surface area contributed by atoms with Crippen molar-refractivity contribution in [1.82, 2.24) is 20.2 Å². The quantitative estimate of drug-likeness (QED) is 0.543. The number of hydrogen-bond donors (Lipinski definition) is 2. The van der Waals surface area contributed by atoms with E-state index in [1.54, 1.807) is 6.92 Å². The lowest BCUT2D eigenvalue weighted by Gasteiger charge is -2.02. The molecule has 2 rings (SSSR count). The first kappa shape index (κ1) is 10.3. The first-order valence-electron chi connectivity index (χ1n) is 4.76. The highest BCUT2D eigenvalue weighted by atomic mass is 32.2. The minimum Gasteiger partial charge on any atom is -0.353 e. The zero-order chi connectivity index (χ0) is 10.8. The predicted octanol–water partition coefficient (Wildman–Crippen LogP) is -0.329. The van der Waals surface area contributed by atoms with E-state index in [0.29, 0.717) is 22.8 Å². The summed E-state index contributed by atoms with van der Waals surface area (Å²) in [6, 6.07) is 0.399. The number of nitrogen functional groups attached to an aromatic ring is 1. The molecule has 0 atom stereocenters. The van der Waals surface area contributed by atoms with Gasteiger partial charge in [-0.2, -0.15) is 0 Å². The highest BCUT2D eigenvalue weighted by Gasteiger charge is 2.23. The van der Waals surface area contributed by atoms with Gasteiger partial charge in [0.25, 0.3) is 0 Å². The van der Waals surface area contributed by atoms with E-state index in [9.17, 15) is 4.79 Å². The molecule has 1 aliphatic carbocycles. The van der Waals surface area contributed by atoms with E-state index in [4.69, 9.17) is 5.84 Å². The molecule has 1 aromatic heterocycles. The van der Waals surface area contributed by atoms with Crippen molar-refractivity contribution >= 4 is 17.7 Å². The lowest BCUT2D eigenvalue weighted by Crippen LogP contribution is -2.27. The van der Waals surface area contributed by atoms with Crippen LogP contribution in [0.3, 0.4) is 0 Å². The lowest BCUT2D eigenvalue weighted by atomic mass is 10.6. The molecule has 1 aromatic rings. The van der Waals surface area contributed by atoms with Gasteiger partial charge in [-0.25, -0.2) is 4.68 Å². The van der Waals surface area contributed by atoms with Gasteiger partial charge >= 0.3 is 0 Å². The van der Waals surface area contributed by atoms with Crippen LogP contribution in [-0.2, 0) is 4.79 Å². The molecule has 0 bridgehead atoms. The molecule has 0 radical (unpaired) electrons. The second-order valence-corrected chi connectivity index (χ2v) is 4.47. The molecule has 0 unspecified atom stereocenters. The van der Waals surface area contributed by atoms with Crippen molar-refractivity contribution in [3.63, 3.8) is 0 Å². The molecule has 0 saturated heterocycles. The van der Waals surface area contributed by atoms with Crippen LogP contribution in [0.15, 0.2) is 5.16 Å². The lowest BCUT2D eigenvalue weighted by molar-refractivity contribution is -0.118. The number of nitrogens with zero attached hydrogens (tertiary/aromatic N) is 3. The van der Waals surface area contributed by atoms with Gasteiger partial charge in [0.1, 0.15) is 5.82 Å². The van der Waals surface area contributed by atoms with E-state index < -0.39 is 0 Å². The van der Waals surface area contributed by atoms with Crippen LogP contribution in [0.4, 0.5) is 0 Å². The number of nitrogens with one attached hydrogen (secondary N) is 1. The van der Waals surface area contributed by atoms with E-state index in [1.807, 2.05) is 0 Å². The molecular formula is C8H13N5OS. The van der Waals surface area contributed by atoms with Crippen LogP contribution in [0.1, 0.15) is 18.7 Å². The monoisotopic (exact) mass is 227 g/mol. The summed E-state index contributed by atoms with van der Waals surface area (Å²) < 4.78 is 1.38. The summed E-state index contributed by atoms with van der Waals surface area (Å²) >= 11 is 1.30. The van der Waals surface area contributed by atoms with Crippen molar-refractivity contribution in [2.45, 2.75) is 31.0 Å². The highest BCUT2D eigenvalue weighted by molar-refractivity contribution is 7.99. The van der Waals surface area contributed by atoms with Crippen LogP contribution in [0.2, 0.25) is 0 Å². The minimum absolute atomic E-state index is 0.0307. The van der Waals surface area contributed by atoms with E-state index in [-0.39, 0.29) is 5.91 Å². The van der Waals surface area contributed by atoms with Crippen LogP contribution in [0, 0.1) is 6.92 Å². The van der Waals surface area contributed by atoms with Crippen LogP contribution in [0.25, 0.3) is 0 Å². The van der Waals surface area contributed by atoms with E-state index in [2.05, 4.69) is 15.5 Å². The van der Waals surface area contributed by atoms with Crippen LogP contribution >= 0.6 is 11.8 Å². The Hall–Kier alpha value is -1.24. The Kier molecular flexibility index (Phi) is 2.81. The summed E-state index contributed by atoms with van der Waals surface area (Å²) in [5, 5.41) is 11.1. The number of amides is 1. The van der Waals surface area contributed by atoms with Crippen LogP contribution in [0.5, 0.6) is 0 Å².